The van der Waals surface area contributed by atoms with Crippen molar-refractivity contribution < 1.29 is 9.53 Å². The Morgan fingerprint density at radius 3 is 2.67 bits per heavy atom. The summed E-state index contributed by atoms with van der Waals surface area (Å²) < 4.78 is 7.21. The third-order valence-electron chi connectivity index (χ3n) is 3.99. The average Bonchev–Trinajstić information content (AvgIpc) is 2.93. The molecule has 0 aromatic carbocycles. The highest BCUT2D eigenvalue weighted by atomic mass is 16.6. The lowest BCUT2D eigenvalue weighted by Gasteiger charge is -2.19. The van der Waals surface area contributed by atoms with Crippen molar-refractivity contribution in [3.05, 3.63) is 53.9 Å². The number of carbonyl (C=O) groups excluding carboxylic acids is 1. The number of nitrogens with one attached hydrogen (secondary N) is 2. The van der Waals surface area contributed by atoms with Crippen molar-refractivity contribution in [1.29, 1.82) is 0 Å². The molecule has 0 aliphatic carbocycles. The lowest BCUT2D eigenvalue weighted by atomic mass is 10.2. The summed E-state index contributed by atoms with van der Waals surface area (Å²) in [5.74, 6) is 0. The van der Waals surface area contributed by atoms with Gasteiger partial charge in [0.05, 0.1) is 24.3 Å². The number of nitrogens with zero attached hydrogens (tertiary/aromatic N) is 3. The summed E-state index contributed by atoms with van der Waals surface area (Å²) in [6.45, 7) is 15.3. The van der Waals surface area contributed by atoms with Crippen molar-refractivity contribution in [1.82, 2.24) is 25.2 Å². The molecule has 146 valence electrons. The Hall–Kier alpha value is -2.83. The van der Waals surface area contributed by atoms with Gasteiger partial charge in [0, 0.05) is 25.0 Å². The van der Waals surface area contributed by atoms with Crippen LogP contribution in [0.1, 0.15) is 43.4 Å². The molecule has 0 aliphatic heterocycles. The van der Waals surface area contributed by atoms with E-state index < -0.39 is 11.7 Å². The van der Waals surface area contributed by atoms with E-state index in [1.54, 1.807) is 12.5 Å². The van der Waals surface area contributed by atoms with Crippen LogP contribution in [0.4, 0.5) is 4.79 Å². The third kappa shape index (κ3) is 6.13. The normalized spacial score (nSPS) is 11.1. The molecule has 2 aromatic heterocycles. The predicted octanol–water partition coefficient (Wildman–Crippen LogP) is 3.18. The molecular formula is C20H29N5O2. The maximum Gasteiger partial charge on any atom is 0.407 e. The molecule has 0 aliphatic rings. The van der Waals surface area contributed by atoms with Gasteiger partial charge in [-0.2, -0.15) is 0 Å². The highest BCUT2D eigenvalue weighted by molar-refractivity contribution is 5.67. The largest absolute Gasteiger partial charge is 0.444 e. The molecule has 2 aromatic rings. The minimum atomic E-state index is -0.502. The smallest absolute Gasteiger partial charge is 0.407 e. The van der Waals surface area contributed by atoms with Crippen LogP contribution < -0.4 is 10.6 Å². The lowest BCUT2D eigenvalue weighted by Crippen LogP contribution is -2.34. The maximum absolute atomic E-state index is 11.7. The van der Waals surface area contributed by atoms with Crippen LogP contribution in [-0.2, 0) is 17.8 Å². The molecule has 0 saturated heterocycles. The number of amides is 1. The first-order valence-corrected chi connectivity index (χ1v) is 8.99. The second-order valence-corrected chi connectivity index (χ2v) is 7.40. The summed E-state index contributed by atoms with van der Waals surface area (Å²) in [6.07, 6.45) is 3.11. The van der Waals surface area contributed by atoms with Crippen molar-refractivity contribution >= 4 is 11.8 Å². The first-order valence-electron chi connectivity index (χ1n) is 8.99. The Morgan fingerprint density at radius 2 is 2.00 bits per heavy atom. The van der Waals surface area contributed by atoms with E-state index in [9.17, 15) is 4.79 Å². The van der Waals surface area contributed by atoms with Crippen LogP contribution in [0.5, 0.6) is 0 Å². The number of aromatic nitrogens is 3. The second kappa shape index (κ2) is 8.70. The highest BCUT2D eigenvalue weighted by Crippen LogP contribution is 2.14. The minimum absolute atomic E-state index is 0.419. The summed E-state index contributed by atoms with van der Waals surface area (Å²) in [4.78, 5) is 20.5. The fraction of sp³-hybridized carbons (Fsp3) is 0.450. The second-order valence-electron chi connectivity index (χ2n) is 7.40. The standard InChI is InChI=1S/C20H29N5O2/c1-14-8-7-9-21-17(14)12-23-15(2)18-16(3)25(13-24-18)11-10-22-19(26)27-20(4,5)6/h7-9,13,23H,2,10-12H2,1,3-6H3,(H,22,26). The van der Waals surface area contributed by atoms with Crippen LogP contribution in [0.15, 0.2) is 31.2 Å². The number of imidazole rings is 1. The zero-order valence-electron chi connectivity index (χ0n) is 16.8. The molecule has 0 radical (unpaired) electrons. The van der Waals surface area contributed by atoms with Gasteiger partial charge in [0.25, 0.3) is 0 Å². The summed E-state index contributed by atoms with van der Waals surface area (Å²) in [5.41, 5.74) is 4.15. The van der Waals surface area contributed by atoms with Gasteiger partial charge < -0.3 is 19.9 Å². The molecule has 1 amide bonds. The Balaban J connectivity index is 1.87. The van der Waals surface area contributed by atoms with E-state index in [1.807, 2.05) is 51.3 Å². The van der Waals surface area contributed by atoms with Crippen LogP contribution in [-0.4, -0.2) is 32.8 Å². The number of alkyl carbamates (subject to hydrolysis) is 1. The quantitative estimate of drug-likeness (QED) is 0.781. The molecule has 0 unspecified atom stereocenters. The topological polar surface area (TPSA) is 81.1 Å². The zero-order chi connectivity index (χ0) is 20.0. The Labute approximate surface area is 160 Å². The zero-order valence-corrected chi connectivity index (χ0v) is 16.8. The fourth-order valence-electron chi connectivity index (χ4n) is 2.54. The van der Waals surface area contributed by atoms with Crippen LogP contribution in [0.2, 0.25) is 0 Å². The molecule has 0 atom stereocenters. The van der Waals surface area contributed by atoms with Gasteiger partial charge >= 0.3 is 6.09 Å². The van der Waals surface area contributed by atoms with Crippen LogP contribution >= 0.6 is 0 Å². The molecule has 0 fully saturated rings. The van der Waals surface area contributed by atoms with Crippen LogP contribution in [0, 0.1) is 13.8 Å². The van der Waals surface area contributed by atoms with Gasteiger partial charge in [0.2, 0.25) is 0 Å². The monoisotopic (exact) mass is 371 g/mol. The summed E-state index contributed by atoms with van der Waals surface area (Å²) in [6, 6.07) is 3.95. The van der Waals surface area contributed by atoms with Gasteiger partial charge in [-0.1, -0.05) is 12.6 Å². The lowest BCUT2D eigenvalue weighted by molar-refractivity contribution is 0.0526. The summed E-state index contributed by atoms with van der Waals surface area (Å²) in [7, 11) is 0. The van der Waals surface area contributed by atoms with Gasteiger partial charge in [-0.3, -0.25) is 4.98 Å². The molecule has 27 heavy (non-hydrogen) atoms. The molecule has 2 N–H and O–H groups in total. The molecule has 2 heterocycles. The van der Waals surface area contributed by atoms with E-state index >= 15 is 0 Å². The first kappa shape index (κ1) is 20.5. The van der Waals surface area contributed by atoms with E-state index in [0.717, 1.165) is 28.3 Å². The minimum Gasteiger partial charge on any atom is -0.444 e. The number of hydrogen-bond acceptors (Lipinski definition) is 5. The van der Waals surface area contributed by atoms with Crippen molar-refractivity contribution in [3.8, 4) is 0 Å². The van der Waals surface area contributed by atoms with Gasteiger partial charge in [-0.25, -0.2) is 9.78 Å². The van der Waals surface area contributed by atoms with Gasteiger partial charge in [-0.15, -0.1) is 0 Å². The number of hydrogen-bond donors (Lipinski definition) is 2. The van der Waals surface area contributed by atoms with Gasteiger partial charge in [-0.05, 0) is 46.2 Å². The predicted molar refractivity (Wildman–Crippen MR) is 106 cm³/mol. The van der Waals surface area contributed by atoms with E-state index in [4.69, 9.17) is 4.74 Å². The van der Waals surface area contributed by atoms with Crippen molar-refractivity contribution in [2.24, 2.45) is 0 Å². The molecule has 2 rings (SSSR count). The van der Waals surface area contributed by atoms with Crippen molar-refractivity contribution in [3.63, 3.8) is 0 Å². The molecule has 0 bridgehead atoms. The number of rotatable bonds is 7. The van der Waals surface area contributed by atoms with Crippen molar-refractivity contribution in [2.45, 2.75) is 53.3 Å². The Kier molecular flexibility index (Phi) is 6.60. The number of pyridine rings is 1. The summed E-state index contributed by atoms with van der Waals surface area (Å²) in [5, 5.41) is 6.04. The van der Waals surface area contributed by atoms with Crippen LogP contribution in [0.25, 0.3) is 5.70 Å². The highest BCUT2D eigenvalue weighted by Gasteiger charge is 2.16. The molecular weight excluding hydrogens is 342 g/mol. The van der Waals surface area contributed by atoms with E-state index in [2.05, 4.69) is 27.2 Å². The summed E-state index contributed by atoms with van der Waals surface area (Å²) >= 11 is 0. The first-order chi connectivity index (χ1) is 12.7. The molecule has 0 spiro atoms. The van der Waals surface area contributed by atoms with E-state index in [1.165, 1.54) is 0 Å². The maximum atomic E-state index is 11.7. The Bertz CT molecular complexity index is 805. The SMILES string of the molecule is C=C(NCc1ncccc1C)c1ncn(CCNC(=O)OC(C)(C)C)c1C. The molecule has 7 nitrogen and oxygen atoms in total. The average molecular weight is 371 g/mol. The van der Waals surface area contributed by atoms with Gasteiger partial charge in [0.1, 0.15) is 11.3 Å². The van der Waals surface area contributed by atoms with E-state index in [-0.39, 0.29) is 0 Å². The Morgan fingerprint density at radius 1 is 1.26 bits per heavy atom. The number of ether oxygens (including phenoxy) is 1. The third-order valence-corrected chi connectivity index (χ3v) is 3.99. The molecule has 0 saturated carbocycles. The van der Waals surface area contributed by atoms with E-state index in [0.29, 0.717) is 19.6 Å². The van der Waals surface area contributed by atoms with Gasteiger partial charge in [0.15, 0.2) is 0 Å². The molecule has 7 heteroatoms. The van der Waals surface area contributed by atoms with Crippen molar-refractivity contribution in [2.75, 3.05) is 6.54 Å². The fourth-order valence-corrected chi connectivity index (χ4v) is 2.54. The van der Waals surface area contributed by atoms with Crippen LogP contribution in [0.3, 0.4) is 0 Å². The number of carbonyl (C=O) groups is 1. The number of aryl methyl sites for hydroxylation is 1.